The van der Waals surface area contributed by atoms with Gasteiger partial charge in [0.1, 0.15) is 5.69 Å². The summed E-state index contributed by atoms with van der Waals surface area (Å²) in [5.74, 6) is -0.0966. The summed E-state index contributed by atoms with van der Waals surface area (Å²) in [6.45, 7) is 0.880. The molecule has 0 aliphatic rings. The Labute approximate surface area is 126 Å². The average Bonchev–Trinajstić information content (AvgIpc) is 2.90. The van der Waals surface area contributed by atoms with Crippen molar-refractivity contribution in [1.82, 2.24) is 9.88 Å². The van der Waals surface area contributed by atoms with E-state index in [1.165, 1.54) is 5.56 Å². The number of rotatable bonds is 6. The Morgan fingerprint density at radius 1 is 1.25 bits per heavy atom. The van der Waals surface area contributed by atoms with Crippen LogP contribution in [-0.4, -0.2) is 40.6 Å². The van der Waals surface area contributed by atoms with Crippen LogP contribution in [0.5, 0.6) is 0 Å². The molecule has 5 heteroatoms. The van der Waals surface area contributed by atoms with E-state index in [9.17, 15) is 4.79 Å². The average molecular weight is 337 g/mol. The number of aromatic nitrogens is 1. The van der Waals surface area contributed by atoms with Crippen LogP contribution in [-0.2, 0) is 6.42 Å². The SMILES string of the molecule is O=C(c1cc(Br)c[nH]1)N(CCO)CCc1ccccc1. The normalized spacial score (nSPS) is 10.5. The van der Waals surface area contributed by atoms with E-state index in [1.54, 1.807) is 17.2 Å². The Hall–Kier alpha value is -1.59. The van der Waals surface area contributed by atoms with E-state index >= 15 is 0 Å². The molecule has 0 saturated heterocycles. The summed E-state index contributed by atoms with van der Waals surface area (Å²) in [5.41, 5.74) is 1.70. The second kappa shape index (κ2) is 7.26. The molecule has 20 heavy (non-hydrogen) atoms. The highest BCUT2D eigenvalue weighted by molar-refractivity contribution is 9.10. The van der Waals surface area contributed by atoms with E-state index in [-0.39, 0.29) is 12.5 Å². The van der Waals surface area contributed by atoms with Gasteiger partial charge in [0.05, 0.1) is 6.61 Å². The molecule has 1 heterocycles. The van der Waals surface area contributed by atoms with Crippen molar-refractivity contribution < 1.29 is 9.90 Å². The maximum atomic E-state index is 12.3. The van der Waals surface area contributed by atoms with Gasteiger partial charge >= 0.3 is 0 Å². The zero-order chi connectivity index (χ0) is 14.4. The van der Waals surface area contributed by atoms with Gasteiger partial charge in [-0.05, 0) is 34.0 Å². The van der Waals surface area contributed by atoms with Crippen molar-refractivity contribution in [1.29, 1.82) is 0 Å². The van der Waals surface area contributed by atoms with E-state index in [0.717, 1.165) is 10.9 Å². The monoisotopic (exact) mass is 336 g/mol. The number of hydrogen-bond donors (Lipinski definition) is 2. The maximum Gasteiger partial charge on any atom is 0.270 e. The second-order valence-electron chi connectivity index (χ2n) is 4.48. The number of carbonyl (C=O) groups excluding carboxylic acids is 1. The van der Waals surface area contributed by atoms with Crippen molar-refractivity contribution in [2.75, 3.05) is 19.7 Å². The number of nitrogens with zero attached hydrogens (tertiary/aromatic N) is 1. The number of amides is 1. The third kappa shape index (κ3) is 3.95. The Bertz CT molecular complexity index is 554. The predicted octanol–water partition coefficient (Wildman–Crippen LogP) is 2.45. The van der Waals surface area contributed by atoms with Crippen molar-refractivity contribution in [2.24, 2.45) is 0 Å². The molecule has 0 unspecified atom stereocenters. The number of hydrogen-bond acceptors (Lipinski definition) is 2. The van der Waals surface area contributed by atoms with Crippen LogP contribution in [0.3, 0.4) is 0 Å². The predicted molar refractivity (Wildman–Crippen MR) is 81.6 cm³/mol. The molecule has 0 radical (unpaired) electrons. The molecule has 2 rings (SSSR count). The fourth-order valence-electron chi connectivity index (χ4n) is 2.01. The molecule has 0 atom stereocenters. The van der Waals surface area contributed by atoms with Gasteiger partial charge in [-0.1, -0.05) is 30.3 Å². The summed E-state index contributed by atoms with van der Waals surface area (Å²) in [6.07, 6.45) is 2.50. The van der Waals surface area contributed by atoms with Crippen molar-refractivity contribution >= 4 is 21.8 Å². The zero-order valence-corrected chi connectivity index (χ0v) is 12.6. The van der Waals surface area contributed by atoms with Crippen LogP contribution in [0.25, 0.3) is 0 Å². The van der Waals surface area contributed by atoms with Crippen LogP contribution in [0.4, 0.5) is 0 Å². The molecular formula is C15H17BrN2O2. The molecule has 1 aromatic carbocycles. The topological polar surface area (TPSA) is 56.3 Å². The smallest absolute Gasteiger partial charge is 0.270 e. The number of aromatic amines is 1. The Morgan fingerprint density at radius 3 is 2.60 bits per heavy atom. The van der Waals surface area contributed by atoms with E-state index in [2.05, 4.69) is 20.9 Å². The largest absolute Gasteiger partial charge is 0.395 e. The third-order valence-electron chi connectivity index (χ3n) is 3.05. The van der Waals surface area contributed by atoms with Crippen LogP contribution in [0.2, 0.25) is 0 Å². The number of carbonyl (C=O) groups is 1. The molecule has 4 nitrogen and oxygen atoms in total. The molecule has 0 aliphatic carbocycles. The maximum absolute atomic E-state index is 12.3. The molecule has 2 N–H and O–H groups in total. The fourth-order valence-corrected chi connectivity index (χ4v) is 2.35. The minimum atomic E-state index is -0.0966. The van der Waals surface area contributed by atoms with Crippen molar-refractivity contribution in [2.45, 2.75) is 6.42 Å². The summed E-state index contributed by atoms with van der Waals surface area (Å²) in [4.78, 5) is 16.9. The van der Waals surface area contributed by atoms with Crippen LogP contribution in [0.15, 0.2) is 47.1 Å². The van der Waals surface area contributed by atoms with Crippen molar-refractivity contribution in [3.63, 3.8) is 0 Å². The minimum Gasteiger partial charge on any atom is -0.395 e. The fraction of sp³-hybridized carbons (Fsp3) is 0.267. The summed E-state index contributed by atoms with van der Waals surface area (Å²) in [5, 5.41) is 9.12. The van der Waals surface area contributed by atoms with Gasteiger partial charge in [0.2, 0.25) is 0 Å². The van der Waals surface area contributed by atoms with E-state index in [0.29, 0.717) is 18.8 Å². The summed E-state index contributed by atoms with van der Waals surface area (Å²) < 4.78 is 0.841. The first-order chi connectivity index (χ1) is 9.70. The summed E-state index contributed by atoms with van der Waals surface area (Å²) in [7, 11) is 0. The van der Waals surface area contributed by atoms with Gasteiger partial charge in [0.25, 0.3) is 5.91 Å². The van der Waals surface area contributed by atoms with Gasteiger partial charge in [-0.25, -0.2) is 0 Å². The first-order valence-electron chi connectivity index (χ1n) is 6.48. The molecule has 0 aliphatic heterocycles. The second-order valence-corrected chi connectivity index (χ2v) is 5.40. The zero-order valence-electron chi connectivity index (χ0n) is 11.1. The van der Waals surface area contributed by atoms with Crippen LogP contribution < -0.4 is 0 Å². The van der Waals surface area contributed by atoms with Gasteiger partial charge in [-0.15, -0.1) is 0 Å². The highest BCUT2D eigenvalue weighted by Crippen LogP contribution is 2.13. The Morgan fingerprint density at radius 2 is 2.00 bits per heavy atom. The highest BCUT2D eigenvalue weighted by Gasteiger charge is 2.16. The number of aliphatic hydroxyl groups is 1. The number of aliphatic hydroxyl groups excluding tert-OH is 1. The van der Waals surface area contributed by atoms with Gasteiger partial charge in [0.15, 0.2) is 0 Å². The van der Waals surface area contributed by atoms with Crippen LogP contribution in [0, 0.1) is 0 Å². The van der Waals surface area contributed by atoms with E-state index < -0.39 is 0 Å². The standard InChI is InChI=1S/C15H17BrN2O2/c16-13-10-14(17-11-13)15(20)18(8-9-19)7-6-12-4-2-1-3-5-12/h1-5,10-11,17,19H,6-9H2. The molecular weight excluding hydrogens is 320 g/mol. The highest BCUT2D eigenvalue weighted by atomic mass is 79.9. The molecule has 0 spiro atoms. The van der Waals surface area contributed by atoms with Crippen LogP contribution >= 0.6 is 15.9 Å². The van der Waals surface area contributed by atoms with Gasteiger partial charge in [0, 0.05) is 23.8 Å². The number of halogens is 1. The van der Waals surface area contributed by atoms with Gasteiger partial charge < -0.3 is 15.0 Å². The lowest BCUT2D eigenvalue weighted by atomic mass is 10.1. The number of benzene rings is 1. The summed E-state index contributed by atoms with van der Waals surface area (Å²) in [6, 6.07) is 11.7. The quantitative estimate of drug-likeness (QED) is 0.851. The number of H-pyrrole nitrogens is 1. The van der Waals surface area contributed by atoms with Crippen molar-refractivity contribution in [3.05, 3.63) is 58.3 Å². The summed E-state index contributed by atoms with van der Waals surface area (Å²) >= 11 is 3.31. The molecule has 1 aromatic heterocycles. The third-order valence-corrected chi connectivity index (χ3v) is 3.51. The van der Waals surface area contributed by atoms with Crippen molar-refractivity contribution in [3.8, 4) is 0 Å². The molecule has 0 bridgehead atoms. The van der Waals surface area contributed by atoms with Crippen LogP contribution in [0.1, 0.15) is 16.1 Å². The minimum absolute atomic E-state index is 0.0393. The lowest BCUT2D eigenvalue weighted by Crippen LogP contribution is -2.35. The van der Waals surface area contributed by atoms with Gasteiger partial charge in [-0.2, -0.15) is 0 Å². The Kier molecular flexibility index (Phi) is 5.38. The van der Waals surface area contributed by atoms with E-state index in [4.69, 9.17) is 5.11 Å². The molecule has 0 fully saturated rings. The molecule has 2 aromatic rings. The molecule has 0 saturated carbocycles. The van der Waals surface area contributed by atoms with E-state index in [1.807, 2.05) is 30.3 Å². The van der Waals surface area contributed by atoms with Gasteiger partial charge in [-0.3, -0.25) is 4.79 Å². The Balaban J connectivity index is 2.01. The number of nitrogens with one attached hydrogen (secondary N) is 1. The molecule has 106 valence electrons. The molecule has 1 amide bonds. The lowest BCUT2D eigenvalue weighted by molar-refractivity contribution is 0.0719. The first kappa shape index (κ1) is 14.8. The first-order valence-corrected chi connectivity index (χ1v) is 7.28. The lowest BCUT2D eigenvalue weighted by Gasteiger charge is -2.21.